The number of hydrogen-bond acceptors (Lipinski definition) is 4. The molecule has 0 radical (unpaired) electrons. The lowest BCUT2D eigenvalue weighted by atomic mass is 10.2. The summed E-state index contributed by atoms with van der Waals surface area (Å²) in [5.41, 5.74) is 0.310. The molecule has 1 atom stereocenters. The van der Waals surface area contributed by atoms with Gasteiger partial charge in [-0.1, -0.05) is 23.2 Å². The van der Waals surface area contributed by atoms with E-state index < -0.39 is 5.97 Å². The maximum atomic E-state index is 11.9. The molecule has 106 valence electrons. The van der Waals surface area contributed by atoms with Crippen LogP contribution in [0, 0.1) is 0 Å². The number of carbonyl (C=O) groups excluding carboxylic acids is 1. The first-order valence-electron chi connectivity index (χ1n) is 6.04. The summed E-state index contributed by atoms with van der Waals surface area (Å²) in [6.07, 6.45) is 3.73. The summed E-state index contributed by atoms with van der Waals surface area (Å²) >= 11 is 11.7. The van der Waals surface area contributed by atoms with Gasteiger partial charge in [0.05, 0.1) is 23.2 Å². The fraction of sp³-hybridized carbons (Fsp3) is 0.308. The summed E-state index contributed by atoms with van der Waals surface area (Å²) in [5, 5.41) is 4.79. The first kappa shape index (κ1) is 14.8. The van der Waals surface area contributed by atoms with Crippen LogP contribution in [0.2, 0.25) is 10.0 Å². The molecule has 2 rings (SSSR count). The van der Waals surface area contributed by atoms with Gasteiger partial charge < -0.3 is 4.74 Å². The van der Waals surface area contributed by atoms with Gasteiger partial charge in [-0.3, -0.25) is 4.68 Å². The molecule has 20 heavy (non-hydrogen) atoms. The van der Waals surface area contributed by atoms with Gasteiger partial charge in [0.15, 0.2) is 0 Å². The molecule has 0 fully saturated rings. The van der Waals surface area contributed by atoms with Crippen molar-refractivity contribution in [3.05, 3.63) is 46.5 Å². The molecule has 1 aromatic carbocycles. The van der Waals surface area contributed by atoms with Crippen LogP contribution >= 0.6 is 23.2 Å². The van der Waals surface area contributed by atoms with Crippen molar-refractivity contribution in [1.82, 2.24) is 14.8 Å². The van der Waals surface area contributed by atoms with Crippen molar-refractivity contribution in [2.45, 2.75) is 19.4 Å². The predicted octanol–water partition coefficient (Wildman–Crippen LogP) is 3.39. The maximum Gasteiger partial charge on any atom is 0.339 e. The molecule has 1 heterocycles. The van der Waals surface area contributed by atoms with Crippen LogP contribution in [0.3, 0.4) is 0 Å². The number of aromatic nitrogens is 3. The lowest BCUT2D eigenvalue weighted by Gasteiger charge is -2.12. The Morgan fingerprint density at radius 2 is 2.25 bits per heavy atom. The van der Waals surface area contributed by atoms with E-state index in [4.69, 9.17) is 27.9 Å². The summed E-state index contributed by atoms with van der Waals surface area (Å²) in [6.45, 7) is 2.25. The van der Waals surface area contributed by atoms with Gasteiger partial charge in [0.2, 0.25) is 0 Å². The third-order valence-corrected chi connectivity index (χ3v) is 3.36. The largest absolute Gasteiger partial charge is 0.462 e. The lowest BCUT2D eigenvalue weighted by molar-refractivity contribution is 0.0485. The minimum Gasteiger partial charge on any atom is -0.462 e. The molecule has 0 N–H and O–H groups in total. The molecule has 0 aliphatic rings. The summed E-state index contributed by atoms with van der Waals surface area (Å²) < 4.78 is 6.90. The van der Waals surface area contributed by atoms with Gasteiger partial charge >= 0.3 is 5.97 Å². The Labute approximate surface area is 126 Å². The maximum absolute atomic E-state index is 11.9. The standard InChI is InChI=1S/C13H13Cl2N3O2/c1-9(18-8-16-7-17-18)4-5-20-13(19)11-3-2-10(14)6-12(11)15/h2-3,6-9H,4-5H2,1H3/t9-/m0/s1. The second-order valence-electron chi connectivity index (χ2n) is 4.27. The predicted molar refractivity (Wildman–Crippen MR) is 76.1 cm³/mol. The van der Waals surface area contributed by atoms with E-state index in [1.807, 2.05) is 6.92 Å². The molecule has 7 heteroatoms. The van der Waals surface area contributed by atoms with Crippen LogP contribution in [0.1, 0.15) is 29.7 Å². The summed E-state index contributed by atoms with van der Waals surface area (Å²) in [4.78, 5) is 15.7. The molecule has 0 aliphatic carbocycles. The second kappa shape index (κ2) is 6.72. The number of benzene rings is 1. The van der Waals surface area contributed by atoms with Gasteiger partial charge in [-0.05, 0) is 25.1 Å². The van der Waals surface area contributed by atoms with Crippen molar-refractivity contribution >= 4 is 29.2 Å². The van der Waals surface area contributed by atoms with E-state index in [-0.39, 0.29) is 17.7 Å². The highest BCUT2D eigenvalue weighted by Gasteiger charge is 2.13. The molecule has 1 aromatic heterocycles. The zero-order chi connectivity index (χ0) is 14.5. The van der Waals surface area contributed by atoms with Crippen LogP contribution in [0.5, 0.6) is 0 Å². The first-order valence-corrected chi connectivity index (χ1v) is 6.80. The molecule has 0 spiro atoms. The molecule has 0 bridgehead atoms. The quantitative estimate of drug-likeness (QED) is 0.794. The fourth-order valence-corrected chi connectivity index (χ4v) is 2.12. The SMILES string of the molecule is C[C@@H](CCOC(=O)c1ccc(Cl)cc1Cl)n1cncn1. The summed E-state index contributed by atoms with van der Waals surface area (Å²) in [5.74, 6) is -0.461. The Balaban J connectivity index is 1.86. The number of esters is 1. The van der Waals surface area contributed by atoms with Crippen LogP contribution < -0.4 is 0 Å². The molecular weight excluding hydrogens is 301 g/mol. The van der Waals surface area contributed by atoms with Crippen molar-refractivity contribution in [1.29, 1.82) is 0 Å². The Morgan fingerprint density at radius 1 is 1.45 bits per heavy atom. The number of hydrogen-bond donors (Lipinski definition) is 0. The highest BCUT2D eigenvalue weighted by atomic mass is 35.5. The summed E-state index contributed by atoms with van der Waals surface area (Å²) in [7, 11) is 0. The van der Waals surface area contributed by atoms with Crippen molar-refractivity contribution in [3.8, 4) is 0 Å². The highest BCUT2D eigenvalue weighted by Crippen LogP contribution is 2.21. The van der Waals surface area contributed by atoms with E-state index in [2.05, 4.69) is 10.1 Å². The number of rotatable bonds is 5. The van der Waals surface area contributed by atoms with Crippen LogP contribution in [0.4, 0.5) is 0 Å². The normalized spacial score (nSPS) is 12.2. The molecule has 2 aromatic rings. The molecule has 0 unspecified atom stereocenters. The molecule has 0 saturated carbocycles. The first-order chi connectivity index (χ1) is 9.58. The van der Waals surface area contributed by atoms with E-state index >= 15 is 0 Å². The van der Waals surface area contributed by atoms with Gasteiger partial charge in [0.25, 0.3) is 0 Å². The Hall–Kier alpha value is -1.59. The Morgan fingerprint density at radius 3 is 2.90 bits per heavy atom. The fourth-order valence-electron chi connectivity index (χ4n) is 1.63. The Kier molecular flexibility index (Phi) is 4.98. The average molecular weight is 314 g/mol. The number of nitrogens with zero attached hydrogens (tertiary/aromatic N) is 3. The summed E-state index contributed by atoms with van der Waals surface area (Å²) in [6, 6.07) is 4.76. The molecule has 5 nitrogen and oxygen atoms in total. The van der Waals surface area contributed by atoms with Gasteiger partial charge in [-0.15, -0.1) is 0 Å². The van der Waals surface area contributed by atoms with Gasteiger partial charge in [0, 0.05) is 11.4 Å². The third-order valence-electron chi connectivity index (χ3n) is 2.81. The second-order valence-corrected chi connectivity index (χ2v) is 5.12. The molecule has 0 amide bonds. The molecule has 0 aliphatic heterocycles. The Bertz CT molecular complexity index is 587. The van der Waals surface area contributed by atoms with Crippen LogP contribution in [-0.4, -0.2) is 27.3 Å². The van der Waals surface area contributed by atoms with E-state index in [9.17, 15) is 4.79 Å². The monoisotopic (exact) mass is 313 g/mol. The van der Waals surface area contributed by atoms with Gasteiger partial charge in [-0.2, -0.15) is 5.10 Å². The number of halogens is 2. The average Bonchev–Trinajstić information content (AvgIpc) is 2.92. The van der Waals surface area contributed by atoms with Crippen molar-refractivity contribution in [2.75, 3.05) is 6.61 Å². The van der Waals surface area contributed by atoms with E-state index in [1.54, 1.807) is 23.1 Å². The number of carbonyl (C=O) groups is 1. The van der Waals surface area contributed by atoms with Gasteiger partial charge in [0.1, 0.15) is 12.7 Å². The smallest absolute Gasteiger partial charge is 0.339 e. The van der Waals surface area contributed by atoms with Gasteiger partial charge in [-0.25, -0.2) is 9.78 Å². The van der Waals surface area contributed by atoms with Crippen LogP contribution in [0.15, 0.2) is 30.9 Å². The van der Waals surface area contributed by atoms with E-state index in [0.29, 0.717) is 17.0 Å². The highest BCUT2D eigenvalue weighted by molar-refractivity contribution is 6.36. The number of ether oxygens (including phenoxy) is 1. The van der Waals surface area contributed by atoms with Crippen molar-refractivity contribution in [2.24, 2.45) is 0 Å². The third kappa shape index (κ3) is 3.71. The van der Waals surface area contributed by atoms with Crippen LogP contribution in [-0.2, 0) is 4.74 Å². The van der Waals surface area contributed by atoms with Crippen molar-refractivity contribution in [3.63, 3.8) is 0 Å². The topological polar surface area (TPSA) is 57.0 Å². The lowest BCUT2D eigenvalue weighted by Crippen LogP contribution is -2.12. The zero-order valence-electron chi connectivity index (χ0n) is 10.8. The molecular formula is C13H13Cl2N3O2. The zero-order valence-corrected chi connectivity index (χ0v) is 12.3. The van der Waals surface area contributed by atoms with E-state index in [0.717, 1.165) is 0 Å². The van der Waals surface area contributed by atoms with Crippen LogP contribution in [0.25, 0.3) is 0 Å². The van der Waals surface area contributed by atoms with Crippen molar-refractivity contribution < 1.29 is 9.53 Å². The minimum atomic E-state index is -0.461. The van der Waals surface area contributed by atoms with E-state index in [1.165, 1.54) is 12.4 Å². The molecule has 0 saturated heterocycles. The minimum absolute atomic E-state index is 0.103.